The van der Waals surface area contributed by atoms with Crippen LogP contribution in [-0.4, -0.2) is 40.3 Å². The van der Waals surface area contributed by atoms with Gasteiger partial charge in [-0.2, -0.15) is 18.3 Å². The van der Waals surface area contributed by atoms with Crippen molar-refractivity contribution in [1.82, 2.24) is 14.5 Å². The molecule has 192 valence electrons. The molecule has 0 saturated heterocycles. The summed E-state index contributed by atoms with van der Waals surface area (Å²) in [4.78, 5) is 26.7. The quantitative estimate of drug-likeness (QED) is 0.285. The summed E-state index contributed by atoms with van der Waals surface area (Å²) in [7, 11) is 3.36. The number of primary amides is 1. The zero-order valence-electron chi connectivity index (χ0n) is 19.6. The van der Waals surface area contributed by atoms with E-state index in [9.17, 15) is 27.2 Å². The van der Waals surface area contributed by atoms with Gasteiger partial charge >= 0.3 is 6.18 Å². The molecule has 3 aromatic rings. The number of hydrogen-bond donors (Lipinski definition) is 1. The second kappa shape index (κ2) is 9.30. The van der Waals surface area contributed by atoms with Crippen LogP contribution in [0.25, 0.3) is 16.8 Å². The predicted molar refractivity (Wildman–Crippen MR) is 127 cm³/mol. The van der Waals surface area contributed by atoms with Gasteiger partial charge in [0, 0.05) is 38.1 Å². The molecular formula is C26H21F5N4O2. The predicted octanol–water partition coefficient (Wildman–Crippen LogP) is 4.97. The Hall–Kier alpha value is -4.28. The average molecular weight is 516 g/mol. The van der Waals surface area contributed by atoms with Gasteiger partial charge in [-0.15, -0.1) is 0 Å². The van der Waals surface area contributed by atoms with Crippen LogP contribution in [0.2, 0.25) is 0 Å². The van der Waals surface area contributed by atoms with Crippen molar-refractivity contribution in [1.29, 1.82) is 0 Å². The van der Waals surface area contributed by atoms with Crippen molar-refractivity contribution < 1.29 is 31.5 Å². The second-order valence-corrected chi connectivity index (χ2v) is 8.71. The average Bonchev–Trinajstić information content (AvgIpc) is 3.21. The zero-order chi connectivity index (χ0) is 27.1. The standard InChI is InChI=1S/C26H21F5N4O2/c1-34(2)12-10-20(36)21-19-9-8-17(26(29,30)31)14-35(19)33-23(21)15-5-3-6-16(13-15)25(28)11-4-7-18(27)22(25)24(32)37/h3-14,22H,1-2H3,(H2,32,37)/b12-10+. The molecule has 1 amide bonds. The van der Waals surface area contributed by atoms with Crippen molar-refractivity contribution in [3.63, 3.8) is 0 Å². The molecule has 0 spiro atoms. The van der Waals surface area contributed by atoms with Crippen LogP contribution in [0.15, 0.2) is 78.9 Å². The Balaban J connectivity index is 1.92. The lowest BCUT2D eigenvalue weighted by Gasteiger charge is -2.31. The molecule has 37 heavy (non-hydrogen) atoms. The largest absolute Gasteiger partial charge is 0.417 e. The number of alkyl halides is 4. The maximum atomic E-state index is 16.1. The summed E-state index contributed by atoms with van der Waals surface area (Å²) >= 11 is 0. The van der Waals surface area contributed by atoms with Crippen molar-refractivity contribution in [3.8, 4) is 11.3 Å². The summed E-state index contributed by atoms with van der Waals surface area (Å²) in [6, 6.07) is 7.42. The van der Waals surface area contributed by atoms with Gasteiger partial charge in [-0.05, 0) is 35.9 Å². The fraction of sp³-hybridized carbons (Fsp3) is 0.192. The third-order valence-electron chi connectivity index (χ3n) is 5.88. The summed E-state index contributed by atoms with van der Waals surface area (Å²) in [5.41, 5.74) is 1.73. The van der Waals surface area contributed by atoms with E-state index in [1.807, 2.05) is 0 Å². The Morgan fingerprint density at radius 3 is 2.57 bits per heavy atom. The maximum absolute atomic E-state index is 16.1. The topological polar surface area (TPSA) is 80.7 Å². The monoisotopic (exact) mass is 516 g/mol. The number of ketones is 1. The number of aromatic nitrogens is 2. The van der Waals surface area contributed by atoms with Crippen molar-refractivity contribution in [2.45, 2.75) is 11.8 Å². The molecule has 1 aliphatic rings. The van der Waals surface area contributed by atoms with Gasteiger partial charge in [-0.3, -0.25) is 9.59 Å². The first-order valence-electron chi connectivity index (χ1n) is 11.0. The first-order valence-corrected chi connectivity index (χ1v) is 11.0. The van der Waals surface area contributed by atoms with Crippen LogP contribution in [0.1, 0.15) is 21.5 Å². The molecule has 11 heteroatoms. The van der Waals surface area contributed by atoms with E-state index in [1.54, 1.807) is 19.0 Å². The van der Waals surface area contributed by atoms with Crippen LogP contribution in [0.4, 0.5) is 22.0 Å². The molecule has 1 aromatic carbocycles. The minimum Gasteiger partial charge on any atom is -0.383 e. The first kappa shape index (κ1) is 25.8. The van der Waals surface area contributed by atoms with E-state index in [1.165, 1.54) is 36.5 Å². The van der Waals surface area contributed by atoms with Crippen LogP contribution in [0.3, 0.4) is 0 Å². The molecule has 0 radical (unpaired) electrons. The smallest absolute Gasteiger partial charge is 0.383 e. The van der Waals surface area contributed by atoms with Crippen LogP contribution in [0.5, 0.6) is 0 Å². The third-order valence-corrected chi connectivity index (χ3v) is 5.88. The Morgan fingerprint density at radius 2 is 1.92 bits per heavy atom. The highest BCUT2D eigenvalue weighted by Crippen LogP contribution is 2.44. The van der Waals surface area contributed by atoms with E-state index in [0.717, 1.165) is 41.1 Å². The lowest BCUT2D eigenvalue weighted by atomic mass is 9.78. The number of pyridine rings is 1. The molecule has 0 bridgehead atoms. The number of benzene rings is 1. The van der Waals surface area contributed by atoms with E-state index in [-0.39, 0.29) is 27.9 Å². The van der Waals surface area contributed by atoms with Crippen molar-refractivity contribution in [3.05, 3.63) is 95.6 Å². The number of nitrogens with zero attached hydrogens (tertiary/aromatic N) is 3. The lowest BCUT2D eigenvalue weighted by Crippen LogP contribution is -2.40. The number of carbonyl (C=O) groups excluding carboxylic acids is 2. The number of halogens is 5. The van der Waals surface area contributed by atoms with Crippen molar-refractivity contribution in [2.75, 3.05) is 14.1 Å². The van der Waals surface area contributed by atoms with Crippen LogP contribution in [0, 0.1) is 5.92 Å². The Morgan fingerprint density at radius 1 is 1.19 bits per heavy atom. The van der Waals surface area contributed by atoms with Crippen molar-refractivity contribution >= 4 is 17.2 Å². The number of hydrogen-bond acceptors (Lipinski definition) is 4. The van der Waals surface area contributed by atoms with Crippen LogP contribution < -0.4 is 5.73 Å². The molecule has 6 nitrogen and oxygen atoms in total. The summed E-state index contributed by atoms with van der Waals surface area (Å²) in [5.74, 6) is -4.75. The lowest BCUT2D eigenvalue weighted by molar-refractivity contribution is -0.138. The number of amides is 1. The number of fused-ring (bicyclic) bond motifs is 1. The molecule has 4 rings (SSSR count). The van der Waals surface area contributed by atoms with Gasteiger partial charge in [0.25, 0.3) is 0 Å². The molecule has 0 fully saturated rings. The van der Waals surface area contributed by atoms with Crippen LogP contribution >= 0.6 is 0 Å². The number of carbonyl (C=O) groups is 2. The van der Waals surface area contributed by atoms with E-state index >= 15 is 4.39 Å². The fourth-order valence-corrected chi connectivity index (χ4v) is 4.15. The Bertz CT molecular complexity index is 1490. The summed E-state index contributed by atoms with van der Waals surface area (Å²) in [6.45, 7) is 0. The summed E-state index contributed by atoms with van der Waals surface area (Å²) in [5, 5.41) is 4.21. The molecular weight excluding hydrogens is 495 g/mol. The summed E-state index contributed by atoms with van der Waals surface area (Å²) < 4.78 is 71.4. The Labute approximate surface area is 208 Å². The molecule has 0 saturated carbocycles. The number of rotatable bonds is 6. The zero-order valence-corrected chi connectivity index (χ0v) is 19.6. The highest BCUT2D eigenvalue weighted by Gasteiger charge is 2.46. The fourth-order valence-electron chi connectivity index (χ4n) is 4.15. The van der Waals surface area contributed by atoms with E-state index in [0.29, 0.717) is 0 Å². The maximum Gasteiger partial charge on any atom is 0.417 e. The first-order chi connectivity index (χ1) is 17.3. The summed E-state index contributed by atoms with van der Waals surface area (Å²) in [6.07, 6.45) is 1.84. The molecule has 2 heterocycles. The molecule has 2 aromatic heterocycles. The minimum atomic E-state index is -4.65. The molecule has 1 aliphatic carbocycles. The number of nitrogens with two attached hydrogens (primary N) is 1. The normalized spacial score (nSPS) is 19.9. The molecule has 2 unspecified atom stereocenters. The van der Waals surface area contributed by atoms with Gasteiger partial charge in [-0.25, -0.2) is 13.3 Å². The molecule has 0 aliphatic heterocycles. The van der Waals surface area contributed by atoms with Gasteiger partial charge in [-0.1, -0.05) is 24.3 Å². The highest BCUT2D eigenvalue weighted by molar-refractivity contribution is 6.13. The second-order valence-electron chi connectivity index (χ2n) is 8.71. The molecule has 2 atom stereocenters. The minimum absolute atomic E-state index is 0.0198. The van der Waals surface area contributed by atoms with Crippen LogP contribution in [-0.2, 0) is 16.6 Å². The van der Waals surface area contributed by atoms with Gasteiger partial charge in [0.05, 0.1) is 16.6 Å². The van der Waals surface area contributed by atoms with Gasteiger partial charge in [0.1, 0.15) is 17.4 Å². The van der Waals surface area contributed by atoms with Crippen molar-refractivity contribution in [2.24, 2.45) is 11.7 Å². The van der Waals surface area contributed by atoms with Gasteiger partial charge < -0.3 is 10.6 Å². The van der Waals surface area contributed by atoms with Gasteiger partial charge in [0.15, 0.2) is 11.5 Å². The molecule has 2 N–H and O–H groups in total. The highest BCUT2D eigenvalue weighted by atomic mass is 19.4. The number of allylic oxidation sites excluding steroid dienone is 4. The van der Waals surface area contributed by atoms with E-state index in [4.69, 9.17) is 5.73 Å². The van der Waals surface area contributed by atoms with E-state index < -0.39 is 40.8 Å². The third kappa shape index (κ3) is 4.76. The Kier molecular flexibility index (Phi) is 6.49. The van der Waals surface area contributed by atoms with Gasteiger partial charge in [0.2, 0.25) is 5.91 Å². The van der Waals surface area contributed by atoms with E-state index in [2.05, 4.69) is 5.10 Å². The SMILES string of the molecule is CN(C)/C=C/C(=O)c1c(-c2cccc(C3(F)C=CC=C(F)C3C(N)=O)c2)nn2cc(C(F)(F)F)ccc12.